The number of sulfone groups is 1. The molecular formula is C18H24ClNO4S. The van der Waals surface area contributed by atoms with Crippen molar-refractivity contribution in [3.8, 4) is 0 Å². The van der Waals surface area contributed by atoms with Crippen molar-refractivity contribution in [2.75, 3.05) is 7.11 Å². The number of nitrogens with zero attached hydrogens (tertiary/aromatic N) is 1. The lowest BCUT2D eigenvalue weighted by Gasteiger charge is -2.30. The molecule has 3 rings (SSSR count). The lowest BCUT2D eigenvalue weighted by Crippen LogP contribution is -2.38. The average molecular weight is 386 g/mol. The number of ether oxygens (including phenoxy) is 1. The molecule has 0 amide bonds. The first kappa shape index (κ1) is 18.7. The largest absolute Gasteiger partial charge is 0.439 e. The summed E-state index contributed by atoms with van der Waals surface area (Å²) in [6.45, 7) is 5.90. The van der Waals surface area contributed by atoms with Crippen LogP contribution < -0.4 is 0 Å². The predicted molar refractivity (Wildman–Crippen MR) is 98.0 cm³/mol. The SMILES string of the molecule is COC1CCCCC1S(=O)(=O)c1c(Cl)ccc2nc(C(C)(C)C)oc12. The van der Waals surface area contributed by atoms with Crippen molar-refractivity contribution in [2.24, 2.45) is 0 Å². The van der Waals surface area contributed by atoms with Gasteiger partial charge in [0.2, 0.25) is 5.89 Å². The quantitative estimate of drug-likeness (QED) is 0.777. The molecule has 1 saturated carbocycles. The smallest absolute Gasteiger partial charge is 0.200 e. The Labute approximate surface area is 153 Å². The molecule has 0 radical (unpaired) electrons. The summed E-state index contributed by atoms with van der Waals surface area (Å²) < 4.78 is 38.1. The van der Waals surface area contributed by atoms with Crippen molar-refractivity contribution in [1.29, 1.82) is 0 Å². The number of halogens is 1. The van der Waals surface area contributed by atoms with E-state index in [0.29, 0.717) is 17.8 Å². The third-order valence-electron chi connectivity index (χ3n) is 4.73. The van der Waals surface area contributed by atoms with Gasteiger partial charge in [-0.1, -0.05) is 45.2 Å². The van der Waals surface area contributed by atoms with Gasteiger partial charge in [-0.05, 0) is 25.0 Å². The van der Waals surface area contributed by atoms with Gasteiger partial charge in [0.25, 0.3) is 0 Å². The second kappa shape index (κ2) is 6.56. The van der Waals surface area contributed by atoms with Crippen LogP contribution in [0.4, 0.5) is 0 Å². The van der Waals surface area contributed by atoms with Crippen LogP contribution >= 0.6 is 11.6 Å². The van der Waals surface area contributed by atoms with Gasteiger partial charge in [0.1, 0.15) is 10.4 Å². The minimum atomic E-state index is -3.70. The summed E-state index contributed by atoms with van der Waals surface area (Å²) in [6.07, 6.45) is 2.81. The van der Waals surface area contributed by atoms with Gasteiger partial charge in [-0.3, -0.25) is 0 Å². The first-order valence-corrected chi connectivity index (χ1v) is 10.4. The molecule has 1 heterocycles. The first-order chi connectivity index (χ1) is 11.7. The number of aromatic nitrogens is 1. The fraction of sp³-hybridized carbons (Fsp3) is 0.611. The zero-order valence-electron chi connectivity index (χ0n) is 15.0. The number of oxazole rings is 1. The Bertz CT molecular complexity index is 882. The third kappa shape index (κ3) is 3.32. The maximum Gasteiger partial charge on any atom is 0.200 e. The van der Waals surface area contributed by atoms with Gasteiger partial charge in [-0.25, -0.2) is 13.4 Å². The molecule has 1 aliphatic rings. The van der Waals surface area contributed by atoms with E-state index in [0.717, 1.165) is 19.3 Å². The highest BCUT2D eigenvalue weighted by Crippen LogP contribution is 2.39. The van der Waals surface area contributed by atoms with E-state index in [1.165, 1.54) is 0 Å². The van der Waals surface area contributed by atoms with E-state index in [-0.39, 0.29) is 27.0 Å². The molecule has 0 spiro atoms. The monoisotopic (exact) mass is 385 g/mol. The van der Waals surface area contributed by atoms with Gasteiger partial charge < -0.3 is 9.15 Å². The molecule has 2 atom stereocenters. The van der Waals surface area contributed by atoms with Gasteiger partial charge in [-0.2, -0.15) is 0 Å². The minimum Gasteiger partial charge on any atom is -0.439 e. The minimum absolute atomic E-state index is 0.0450. The summed E-state index contributed by atoms with van der Waals surface area (Å²) in [5.41, 5.74) is 0.433. The molecule has 2 aromatic rings. The van der Waals surface area contributed by atoms with Crippen molar-refractivity contribution >= 4 is 32.5 Å². The maximum atomic E-state index is 13.4. The highest BCUT2D eigenvalue weighted by Gasteiger charge is 2.40. The highest BCUT2D eigenvalue weighted by atomic mass is 35.5. The molecule has 1 aromatic carbocycles. The Morgan fingerprint density at radius 2 is 1.92 bits per heavy atom. The molecule has 0 N–H and O–H groups in total. The van der Waals surface area contributed by atoms with E-state index in [1.807, 2.05) is 20.8 Å². The average Bonchev–Trinajstić information content (AvgIpc) is 2.98. The van der Waals surface area contributed by atoms with Gasteiger partial charge >= 0.3 is 0 Å². The van der Waals surface area contributed by atoms with Crippen LogP contribution in [0.5, 0.6) is 0 Å². The van der Waals surface area contributed by atoms with Gasteiger partial charge in [0.15, 0.2) is 15.4 Å². The lowest BCUT2D eigenvalue weighted by atomic mass is 9.97. The fourth-order valence-electron chi connectivity index (χ4n) is 3.37. The van der Waals surface area contributed by atoms with Crippen LogP contribution in [0.25, 0.3) is 11.1 Å². The number of fused-ring (bicyclic) bond motifs is 1. The molecule has 0 bridgehead atoms. The van der Waals surface area contributed by atoms with Gasteiger partial charge in [0, 0.05) is 12.5 Å². The summed E-state index contributed by atoms with van der Waals surface area (Å²) in [6, 6.07) is 3.28. The number of hydrogen-bond acceptors (Lipinski definition) is 5. The van der Waals surface area contributed by atoms with Gasteiger partial charge in [0.05, 0.1) is 16.4 Å². The molecule has 138 valence electrons. The summed E-state index contributed by atoms with van der Waals surface area (Å²) in [4.78, 5) is 4.51. The van der Waals surface area contributed by atoms with E-state index in [1.54, 1.807) is 19.2 Å². The molecular weight excluding hydrogens is 362 g/mol. The standard InChI is InChI=1S/C18H24ClNO4S/c1-18(2,3)17-20-12-10-9-11(19)16(15(12)24-17)25(21,22)14-8-6-5-7-13(14)23-4/h9-10,13-14H,5-8H2,1-4H3. The van der Waals surface area contributed by atoms with Crippen molar-refractivity contribution in [1.82, 2.24) is 4.98 Å². The Hall–Kier alpha value is -1.11. The normalized spacial score (nSPS) is 22.4. The number of rotatable bonds is 3. The second-order valence-corrected chi connectivity index (χ2v) is 10.1. The summed E-state index contributed by atoms with van der Waals surface area (Å²) >= 11 is 6.31. The Kier molecular flexibility index (Phi) is 4.90. The number of hydrogen-bond donors (Lipinski definition) is 0. The van der Waals surface area contributed by atoms with Crippen LogP contribution in [-0.2, 0) is 20.0 Å². The van der Waals surface area contributed by atoms with Crippen molar-refractivity contribution in [2.45, 2.75) is 68.1 Å². The van der Waals surface area contributed by atoms with Crippen LogP contribution in [0.1, 0.15) is 52.3 Å². The molecule has 0 saturated heterocycles. The summed E-state index contributed by atoms with van der Waals surface area (Å²) in [7, 11) is -2.14. The van der Waals surface area contributed by atoms with Crippen LogP contribution in [0.2, 0.25) is 5.02 Å². The molecule has 7 heteroatoms. The summed E-state index contributed by atoms with van der Waals surface area (Å²) in [5, 5.41) is -0.443. The first-order valence-electron chi connectivity index (χ1n) is 8.52. The van der Waals surface area contributed by atoms with E-state index in [4.69, 9.17) is 20.8 Å². The second-order valence-electron chi connectivity index (χ2n) is 7.64. The topological polar surface area (TPSA) is 69.4 Å². The summed E-state index contributed by atoms with van der Waals surface area (Å²) in [5.74, 6) is 0.494. The van der Waals surface area contributed by atoms with Crippen LogP contribution in [-0.4, -0.2) is 31.9 Å². The molecule has 0 aliphatic heterocycles. The van der Waals surface area contributed by atoms with Crippen molar-refractivity contribution in [3.05, 3.63) is 23.0 Å². The molecule has 5 nitrogen and oxygen atoms in total. The highest BCUT2D eigenvalue weighted by molar-refractivity contribution is 7.92. The van der Waals surface area contributed by atoms with Crippen molar-refractivity contribution in [3.63, 3.8) is 0 Å². The Morgan fingerprint density at radius 3 is 2.56 bits per heavy atom. The Balaban J connectivity index is 2.19. The zero-order valence-corrected chi connectivity index (χ0v) is 16.6. The number of benzene rings is 1. The van der Waals surface area contributed by atoms with Gasteiger partial charge in [-0.15, -0.1) is 0 Å². The van der Waals surface area contributed by atoms with Crippen LogP contribution in [0.15, 0.2) is 21.4 Å². The fourth-order valence-corrected chi connectivity index (χ4v) is 6.01. The van der Waals surface area contributed by atoms with E-state index in [2.05, 4.69) is 4.98 Å². The Morgan fingerprint density at radius 1 is 1.24 bits per heavy atom. The molecule has 25 heavy (non-hydrogen) atoms. The number of methoxy groups -OCH3 is 1. The predicted octanol–water partition coefficient (Wildman–Crippen LogP) is 4.51. The lowest BCUT2D eigenvalue weighted by molar-refractivity contribution is 0.0738. The van der Waals surface area contributed by atoms with E-state index in [9.17, 15) is 8.42 Å². The van der Waals surface area contributed by atoms with Crippen molar-refractivity contribution < 1.29 is 17.6 Å². The molecule has 2 unspecified atom stereocenters. The van der Waals surface area contributed by atoms with Crippen LogP contribution in [0, 0.1) is 0 Å². The molecule has 1 fully saturated rings. The van der Waals surface area contributed by atoms with Crippen LogP contribution in [0.3, 0.4) is 0 Å². The van der Waals surface area contributed by atoms with E-state index < -0.39 is 15.1 Å². The third-order valence-corrected chi connectivity index (χ3v) is 7.47. The molecule has 1 aromatic heterocycles. The molecule has 1 aliphatic carbocycles. The van der Waals surface area contributed by atoms with E-state index >= 15 is 0 Å². The maximum absolute atomic E-state index is 13.4. The zero-order chi connectivity index (χ0) is 18.4.